The SMILES string of the molecule is O=C(CCN1CCCCCC1)N1CCC(O)(CN2CCCC2)C1. The molecule has 3 saturated heterocycles. The van der Waals surface area contributed by atoms with Crippen molar-refractivity contribution in [2.45, 2.75) is 57.0 Å². The Hall–Kier alpha value is -0.650. The fourth-order valence-corrected chi connectivity index (χ4v) is 4.33. The predicted molar refractivity (Wildman–Crippen MR) is 91.3 cm³/mol. The Bertz CT molecular complexity index is 390. The number of β-amino-alcohol motifs (C(OH)–C–C–N with tert-alkyl or cyclic N) is 1. The molecule has 3 fully saturated rings. The van der Waals surface area contributed by atoms with Crippen LogP contribution < -0.4 is 0 Å². The van der Waals surface area contributed by atoms with Gasteiger partial charge in [-0.25, -0.2) is 0 Å². The highest BCUT2D eigenvalue weighted by Gasteiger charge is 2.39. The van der Waals surface area contributed by atoms with E-state index in [-0.39, 0.29) is 5.91 Å². The molecule has 5 nitrogen and oxygen atoms in total. The second-order valence-corrected chi connectivity index (χ2v) is 7.78. The van der Waals surface area contributed by atoms with E-state index in [2.05, 4.69) is 9.80 Å². The van der Waals surface area contributed by atoms with Gasteiger partial charge in [-0.05, 0) is 58.3 Å². The van der Waals surface area contributed by atoms with Gasteiger partial charge in [-0.15, -0.1) is 0 Å². The van der Waals surface area contributed by atoms with Gasteiger partial charge in [0.2, 0.25) is 5.91 Å². The molecule has 0 radical (unpaired) electrons. The van der Waals surface area contributed by atoms with Crippen molar-refractivity contribution < 1.29 is 9.90 Å². The molecule has 3 heterocycles. The number of hydrogen-bond donors (Lipinski definition) is 1. The maximum absolute atomic E-state index is 12.5. The molecule has 0 aromatic heterocycles. The third-order valence-corrected chi connectivity index (χ3v) is 5.74. The Morgan fingerprint density at radius 1 is 0.870 bits per heavy atom. The van der Waals surface area contributed by atoms with Crippen LogP contribution in [0.5, 0.6) is 0 Å². The maximum Gasteiger partial charge on any atom is 0.223 e. The summed E-state index contributed by atoms with van der Waals surface area (Å²) in [4.78, 5) is 19.2. The molecule has 3 aliphatic heterocycles. The second-order valence-electron chi connectivity index (χ2n) is 7.78. The highest BCUT2D eigenvalue weighted by Crippen LogP contribution is 2.25. The average Bonchev–Trinajstić information content (AvgIpc) is 3.09. The van der Waals surface area contributed by atoms with Crippen LogP contribution in [-0.4, -0.2) is 83.7 Å². The van der Waals surface area contributed by atoms with Crippen molar-refractivity contribution in [3.05, 3.63) is 0 Å². The molecule has 0 saturated carbocycles. The highest BCUT2D eigenvalue weighted by molar-refractivity contribution is 5.76. The number of aliphatic hydroxyl groups is 1. The molecule has 0 bridgehead atoms. The summed E-state index contributed by atoms with van der Waals surface area (Å²) in [6.45, 7) is 7.38. The van der Waals surface area contributed by atoms with Gasteiger partial charge in [0, 0.05) is 26.1 Å². The topological polar surface area (TPSA) is 47.0 Å². The van der Waals surface area contributed by atoms with E-state index in [1.54, 1.807) is 0 Å². The zero-order valence-electron chi connectivity index (χ0n) is 14.5. The molecule has 0 aromatic rings. The summed E-state index contributed by atoms with van der Waals surface area (Å²) in [7, 11) is 0. The summed E-state index contributed by atoms with van der Waals surface area (Å²) in [6.07, 6.45) is 9.04. The first-order chi connectivity index (χ1) is 11.1. The third-order valence-electron chi connectivity index (χ3n) is 5.74. The van der Waals surface area contributed by atoms with Crippen molar-refractivity contribution in [3.8, 4) is 0 Å². The molecule has 1 atom stereocenters. The maximum atomic E-state index is 12.5. The molecule has 1 N–H and O–H groups in total. The molecular weight excluding hydrogens is 290 g/mol. The number of hydrogen-bond acceptors (Lipinski definition) is 4. The smallest absolute Gasteiger partial charge is 0.223 e. The molecule has 0 spiro atoms. The van der Waals surface area contributed by atoms with Gasteiger partial charge in [-0.2, -0.15) is 0 Å². The molecule has 3 rings (SSSR count). The Balaban J connectivity index is 1.41. The summed E-state index contributed by atoms with van der Waals surface area (Å²) in [5, 5.41) is 10.8. The minimum atomic E-state index is -0.678. The molecular formula is C18H33N3O2. The Kier molecular flexibility index (Phi) is 5.94. The van der Waals surface area contributed by atoms with Crippen LogP contribution >= 0.6 is 0 Å². The lowest BCUT2D eigenvalue weighted by atomic mass is 10.0. The number of likely N-dealkylation sites (tertiary alicyclic amines) is 3. The number of nitrogens with zero attached hydrogens (tertiary/aromatic N) is 3. The van der Waals surface area contributed by atoms with Gasteiger partial charge >= 0.3 is 0 Å². The van der Waals surface area contributed by atoms with Gasteiger partial charge in [0.05, 0.1) is 12.1 Å². The van der Waals surface area contributed by atoms with Crippen molar-refractivity contribution in [2.24, 2.45) is 0 Å². The molecule has 1 unspecified atom stereocenters. The number of rotatable bonds is 5. The van der Waals surface area contributed by atoms with Crippen molar-refractivity contribution in [2.75, 3.05) is 52.4 Å². The monoisotopic (exact) mass is 323 g/mol. The molecule has 0 aromatic carbocycles. The zero-order valence-corrected chi connectivity index (χ0v) is 14.5. The van der Waals surface area contributed by atoms with E-state index in [1.807, 2.05) is 4.90 Å². The van der Waals surface area contributed by atoms with Crippen LogP contribution in [0.3, 0.4) is 0 Å². The summed E-state index contributed by atoms with van der Waals surface area (Å²) in [5.41, 5.74) is -0.678. The highest BCUT2D eigenvalue weighted by atomic mass is 16.3. The lowest BCUT2D eigenvalue weighted by Crippen LogP contribution is -2.45. The number of carbonyl (C=O) groups excluding carboxylic acids is 1. The number of amides is 1. The molecule has 132 valence electrons. The zero-order chi connectivity index (χ0) is 16.1. The van der Waals surface area contributed by atoms with Gasteiger partial charge in [0.25, 0.3) is 0 Å². The molecule has 1 amide bonds. The van der Waals surface area contributed by atoms with Gasteiger partial charge in [-0.3, -0.25) is 4.79 Å². The van der Waals surface area contributed by atoms with E-state index in [0.29, 0.717) is 13.0 Å². The van der Waals surface area contributed by atoms with Crippen molar-refractivity contribution in [1.82, 2.24) is 14.7 Å². The van der Waals surface area contributed by atoms with Crippen LogP contribution in [-0.2, 0) is 4.79 Å². The van der Waals surface area contributed by atoms with Gasteiger partial charge in [0.1, 0.15) is 0 Å². The van der Waals surface area contributed by atoms with E-state index in [9.17, 15) is 9.90 Å². The molecule has 5 heteroatoms. The summed E-state index contributed by atoms with van der Waals surface area (Å²) in [5.74, 6) is 0.228. The van der Waals surface area contributed by atoms with E-state index in [1.165, 1.54) is 38.5 Å². The van der Waals surface area contributed by atoms with Gasteiger partial charge in [-0.1, -0.05) is 12.8 Å². The fraction of sp³-hybridized carbons (Fsp3) is 0.944. The minimum Gasteiger partial charge on any atom is -0.387 e. The standard InChI is InChI=1S/C18H33N3O2/c22-17(7-13-19-9-3-1-2-4-10-19)21-14-8-18(23,16-21)15-20-11-5-6-12-20/h23H,1-16H2. The molecule has 23 heavy (non-hydrogen) atoms. The number of carbonyl (C=O) groups is 1. The van der Waals surface area contributed by atoms with Crippen molar-refractivity contribution in [1.29, 1.82) is 0 Å². The Morgan fingerprint density at radius 2 is 1.48 bits per heavy atom. The van der Waals surface area contributed by atoms with Crippen LogP contribution in [0.2, 0.25) is 0 Å². The minimum absolute atomic E-state index is 0.228. The van der Waals surface area contributed by atoms with E-state index in [4.69, 9.17) is 0 Å². The van der Waals surface area contributed by atoms with Crippen LogP contribution in [0, 0.1) is 0 Å². The van der Waals surface area contributed by atoms with Crippen LogP contribution in [0.4, 0.5) is 0 Å². The average molecular weight is 323 g/mol. The lowest BCUT2D eigenvalue weighted by molar-refractivity contribution is -0.131. The summed E-state index contributed by atoms with van der Waals surface area (Å²) < 4.78 is 0. The quantitative estimate of drug-likeness (QED) is 0.829. The first kappa shape index (κ1) is 17.2. The van der Waals surface area contributed by atoms with Crippen molar-refractivity contribution >= 4 is 5.91 Å². The van der Waals surface area contributed by atoms with Gasteiger partial charge in [0.15, 0.2) is 0 Å². The predicted octanol–water partition coefficient (Wildman–Crippen LogP) is 1.31. The van der Waals surface area contributed by atoms with Crippen LogP contribution in [0.1, 0.15) is 51.4 Å². The first-order valence-electron chi connectivity index (χ1n) is 9.60. The molecule has 3 aliphatic rings. The van der Waals surface area contributed by atoms with Gasteiger partial charge < -0.3 is 19.8 Å². The first-order valence-corrected chi connectivity index (χ1v) is 9.60. The van der Waals surface area contributed by atoms with E-state index < -0.39 is 5.60 Å². The van der Waals surface area contributed by atoms with Crippen LogP contribution in [0.25, 0.3) is 0 Å². The summed E-state index contributed by atoms with van der Waals surface area (Å²) >= 11 is 0. The van der Waals surface area contributed by atoms with E-state index >= 15 is 0 Å². The second kappa shape index (κ2) is 7.95. The lowest BCUT2D eigenvalue weighted by Gasteiger charge is -2.28. The third kappa shape index (κ3) is 4.91. The van der Waals surface area contributed by atoms with Crippen LogP contribution in [0.15, 0.2) is 0 Å². The largest absolute Gasteiger partial charge is 0.387 e. The Morgan fingerprint density at radius 3 is 2.17 bits per heavy atom. The Labute approximate surface area is 140 Å². The van der Waals surface area contributed by atoms with Crippen molar-refractivity contribution in [3.63, 3.8) is 0 Å². The fourth-order valence-electron chi connectivity index (χ4n) is 4.33. The summed E-state index contributed by atoms with van der Waals surface area (Å²) in [6, 6.07) is 0. The van der Waals surface area contributed by atoms with E-state index in [0.717, 1.165) is 52.2 Å². The molecule has 0 aliphatic carbocycles. The normalized spacial score (nSPS) is 30.7.